The smallest absolute Gasteiger partial charge is 0.407 e. The van der Waals surface area contributed by atoms with E-state index in [1.165, 1.54) is 17.5 Å². The second-order valence-electron chi connectivity index (χ2n) is 10.8. The van der Waals surface area contributed by atoms with E-state index >= 15 is 0 Å². The lowest BCUT2D eigenvalue weighted by atomic mass is 10.2. The third-order valence-electron chi connectivity index (χ3n) is 7.05. The van der Waals surface area contributed by atoms with Crippen LogP contribution in [-0.4, -0.2) is 124 Å². The summed E-state index contributed by atoms with van der Waals surface area (Å²) in [4.78, 5) is 47.6. The molecule has 3 heterocycles. The fourth-order valence-electron chi connectivity index (χ4n) is 4.61. The van der Waals surface area contributed by atoms with E-state index in [1.807, 2.05) is 39.0 Å². The van der Waals surface area contributed by atoms with Gasteiger partial charge in [0.15, 0.2) is 5.13 Å². The van der Waals surface area contributed by atoms with Crippen molar-refractivity contribution >= 4 is 51.7 Å². The summed E-state index contributed by atoms with van der Waals surface area (Å²) < 4.78 is 21.4. The number of amides is 2. The van der Waals surface area contributed by atoms with Gasteiger partial charge in [0.05, 0.1) is 63.2 Å². The maximum absolute atomic E-state index is 12.9. The quantitative estimate of drug-likeness (QED) is 0.0784. The molecule has 2 aromatic rings. The first-order valence-corrected chi connectivity index (χ1v) is 17.4. The number of anilines is 3. The molecule has 2 amide bonds. The van der Waals surface area contributed by atoms with E-state index in [4.69, 9.17) is 36.4 Å². The number of aryl methyl sites for hydroxylation is 1. The molecule has 16 nitrogen and oxygen atoms in total. The largest absolute Gasteiger partial charge is 0.448 e. The minimum Gasteiger partial charge on any atom is -0.448 e. The lowest BCUT2D eigenvalue weighted by Gasteiger charge is -2.35. The van der Waals surface area contributed by atoms with Crippen molar-refractivity contribution in [1.82, 2.24) is 30.5 Å². The van der Waals surface area contributed by atoms with Crippen LogP contribution in [0.4, 0.5) is 21.6 Å². The standard InChI is InChI=1S/C32H48ClN9O7S/c1-5-6-23(2)29(24(3)33)40-30(43)26-22-36-31(50-26)39-27-21-28(38-25(4)37-27)42-10-8-41(9-11-42)12-14-48-32(44)35-7-13-45-15-16-46-17-18-47-19-20-49-34/h5-6,21-22H,3,7-20,34H2,1-2,4H3,(H,35,44)(H,40,43)(H,36,37,38,39). The third-order valence-corrected chi connectivity index (χ3v) is 8.15. The van der Waals surface area contributed by atoms with Gasteiger partial charge >= 0.3 is 6.09 Å². The number of carbonyl (C=O) groups excluding carboxylic acids is 2. The highest BCUT2D eigenvalue weighted by atomic mass is 35.5. The molecule has 1 aliphatic heterocycles. The molecule has 0 bridgehead atoms. The Morgan fingerprint density at radius 3 is 2.38 bits per heavy atom. The molecule has 3 rings (SSSR count). The molecule has 1 saturated heterocycles. The molecule has 0 unspecified atom stereocenters. The van der Waals surface area contributed by atoms with Crippen molar-refractivity contribution in [2.24, 2.45) is 5.90 Å². The summed E-state index contributed by atoms with van der Waals surface area (Å²) in [5, 5.41) is 9.46. The number of nitrogens with two attached hydrogens (primary N) is 1. The lowest BCUT2D eigenvalue weighted by molar-refractivity contribution is -0.00170. The van der Waals surface area contributed by atoms with Crippen LogP contribution in [0.25, 0.3) is 0 Å². The molecule has 2 aromatic heterocycles. The minimum atomic E-state index is -0.478. The second kappa shape index (κ2) is 22.9. The molecule has 18 heteroatoms. The predicted octanol–water partition coefficient (Wildman–Crippen LogP) is 3.11. The van der Waals surface area contributed by atoms with Crippen LogP contribution in [-0.2, 0) is 23.8 Å². The van der Waals surface area contributed by atoms with Gasteiger partial charge in [0.25, 0.3) is 5.91 Å². The zero-order valence-electron chi connectivity index (χ0n) is 28.9. The highest BCUT2D eigenvalue weighted by Crippen LogP contribution is 2.25. The Balaban J connectivity index is 1.34. The number of thiazole rings is 1. The normalized spacial score (nSPS) is 14.1. The number of rotatable bonds is 22. The topological polar surface area (TPSA) is 188 Å². The summed E-state index contributed by atoms with van der Waals surface area (Å²) in [5.41, 5.74) is 1.24. The maximum atomic E-state index is 12.9. The van der Waals surface area contributed by atoms with Crippen molar-refractivity contribution in [3.05, 3.63) is 58.0 Å². The van der Waals surface area contributed by atoms with Gasteiger partial charge < -0.3 is 44.6 Å². The number of aromatic nitrogens is 3. The molecule has 50 heavy (non-hydrogen) atoms. The number of hydrogen-bond donors (Lipinski definition) is 4. The Kier molecular flexibility index (Phi) is 18.7. The van der Waals surface area contributed by atoms with Crippen LogP contribution in [0.3, 0.4) is 0 Å². The zero-order chi connectivity index (χ0) is 36.1. The number of ether oxygens (including phenoxy) is 4. The van der Waals surface area contributed by atoms with Gasteiger partial charge in [-0.25, -0.2) is 25.6 Å². The van der Waals surface area contributed by atoms with Gasteiger partial charge in [0.1, 0.15) is 28.9 Å². The molecule has 0 atom stereocenters. The molecule has 0 spiro atoms. The first-order chi connectivity index (χ1) is 24.2. The van der Waals surface area contributed by atoms with E-state index in [1.54, 1.807) is 0 Å². The van der Waals surface area contributed by atoms with Gasteiger partial charge in [-0.3, -0.25) is 9.69 Å². The second-order valence-corrected chi connectivity index (χ2v) is 12.3. The summed E-state index contributed by atoms with van der Waals surface area (Å²) in [7, 11) is 0. The third kappa shape index (κ3) is 15.1. The molecule has 1 aliphatic rings. The Labute approximate surface area is 301 Å². The molecular formula is C32H48ClN9O7S. The molecule has 0 saturated carbocycles. The van der Waals surface area contributed by atoms with Crippen LogP contribution >= 0.6 is 22.9 Å². The summed E-state index contributed by atoms with van der Waals surface area (Å²) in [5.74, 6) is 6.54. The molecular weight excluding hydrogens is 690 g/mol. The van der Waals surface area contributed by atoms with Gasteiger partial charge in [-0.15, -0.1) is 0 Å². The van der Waals surface area contributed by atoms with Crippen molar-refractivity contribution in [2.45, 2.75) is 20.8 Å². The van der Waals surface area contributed by atoms with Crippen LogP contribution in [0.15, 0.2) is 47.3 Å². The number of piperazine rings is 1. The van der Waals surface area contributed by atoms with Crippen LogP contribution in [0.5, 0.6) is 0 Å². The fraction of sp³-hybridized carbons (Fsp3) is 0.531. The average Bonchev–Trinajstić information content (AvgIpc) is 3.56. The molecule has 0 radical (unpaired) electrons. The zero-order valence-corrected chi connectivity index (χ0v) is 30.4. The number of hydrogen-bond acceptors (Lipinski definition) is 15. The van der Waals surface area contributed by atoms with Gasteiger partial charge in [0, 0.05) is 45.3 Å². The van der Waals surface area contributed by atoms with Crippen molar-refractivity contribution in [2.75, 3.05) is 102 Å². The van der Waals surface area contributed by atoms with E-state index in [9.17, 15) is 9.59 Å². The summed E-state index contributed by atoms with van der Waals surface area (Å²) in [6, 6.07) is 1.87. The van der Waals surface area contributed by atoms with Gasteiger partial charge in [-0.05, 0) is 26.3 Å². The number of alkyl carbamates (subject to hydrolysis) is 1. The number of allylic oxidation sites excluding steroid dienone is 4. The average molecular weight is 738 g/mol. The van der Waals surface area contributed by atoms with Crippen molar-refractivity contribution in [3.8, 4) is 0 Å². The Bertz CT molecular complexity index is 1430. The van der Waals surface area contributed by atoms with Crippen molar-refractivity contribution < 1.29 is 33.4 Å². The van der Waals surface area contributed by atoms with E-state index in [-0.39, 0.29) is 17.5 Å². The van der Waals surface area contributed by atoms with Crippen LogP contribution in [0, 0.1) is 6.92 Å². The fourth-order valence-corrected chi connectivity index (χ4v) is 5.52. The molecule has 1 fully saturated rings. The van der Waals surface area contributed by atoms with Gasteiger partial charge in [-0.2, -0.15) is 0 Å². The van der Waals surface area contributed by atoms with E-state index in [0.717, 1.165) is 37.6 Å². The highest BCUT2D eigenvalue weighted by Gasteiger charge is 2.20. The lowest BCUT2D eigenvalue weighted by Crippen LogP contribution is -2.48. The summed E-state index contributed by atoms with van der Waals surface area (Å²) >= 11 is 7.32. The first kappa shape index (κ1) is 40.7. The van der Waals surface area contributed by atoms with Crippen LogP contribution in [0.1, 0.15) is 29.3 Å². The van der Waals surface area contributed by atoms with E-state index in [2.05, 4.69) is 52.1 Å². The van der Waals surface area contributed by atoms with Crippen molar-refractivity contribution in [1.29, 1.82) is 0 Å². The minimum absolute atomic E-state index is 0.239. The highest BCUT2D eigenvalue weighted by molar-refractivity contribution is 7.17. The number of halogens is 1. The number of carbonyl (C=O) groups is 2. The van der Waals surface area contributed by atoms with Crippen molar-refractivity contribution in [3.63, 3.8) is 0 Å². The molecule has 0 aromatic carbocycles. The monoisotopic (exact) mass is 737 g/mol. The molecule has 0 aliphatic carbocycles. The Hall–Kier alpha value is -3.68. The maximum Gasteiger partial charge on any atom is 0.407 e. The van der Waals surface area contributed by atoms with Gasteiger partial charge in [-0.1, -0.05) is 41.7 Å². The first-order valence-electron chi connectivity index (χ1n) is 16.2. The number of nitrogens with zero attached hydrogens (tertiary/aromatic N) is 5. The predicted molar refractivity (Wildman–Crippen MR) is 193 cm³/mol. The summed E-state index contributed by atoms with van der Waals surface area (Å²) in [6.07, 6.45) is 4.72. The summed E-state index contributed by atoms with van der Waals surface area (Å²) in [6.45, 7) is 16.5. The van der Waals surface area contributed by atoms with Crippen LogP contribution < -0.4 is 26.7 Å². The molecule has 5 N–H and O–H groups in total. The Morgan fingerprint density at radius 1 is 1.04 bits per heavy atom. The van der Waals surface area contributed by atoms with Gasteiger partial charge in [0.2, 0.25) is 0 Å². The SMILES string of the molecule is C=C(Cl)C(NC(=O)c1cnc(Nc2cc(N3CCN(CCOC(=O)NCCOCCOCCOCCON)CC3)nc(C)n2)s1)=C(C)C=CC. The van der Waals surface area contributed by atoms with Crippen LogP contribution in [0.2, 0.25) is 0 Å². The number of nitrogens with one attached hydrogen (secondary N) is 3. The molecule has 276 valence electrons. The van der Waals surface area contributed by atoms with E-state index in [0.29, 0.717) is 86.7 Å². The Morgan fingerprint density at radius 2 is 1.72 bits per heavy atom. The van der Waals surface area contributed by atoms with E-state index < -0.39 is 6.09 Å².